The fraction of sp³-hybridized carbons (Fsp3) is 0.613. The summed E-state index contributed by atoms with van der Waals surface area (Å²) in [6.07, 6.45) is 8.60. The van der Waals surface area contributed by atoms with E-state index >= 15 is 0 Å². The minimum absolute atomic E-state index is 0.684. The van der Waals surface area contributed by atoms with Crippen molar-refractivity contribution in [2.45, 2.75) is 108 Å². The van der Waals surface area contributed by atoms with Gasteiger partial charge in [0.25, 0.3) is 0 Å². The summed E-state index contributed by atoms with van der Waals surface area (Å²) in [5, 5.41) is 0. The molecule has 0 aliphatic carbocycles. The van der Waals surface area contributed by atoms with Crippen LogP contribution in [0, 0.1) is 0 Å². The van der Waals surface area contributed by atoms with Crippen LogP contribution in [0.3, 0.4) is 0 Å². The molecule has 0 aromatic heterocycles. The van der Waals surface area contributed by atoms with Crippen molar-refractivity contribution in [3.8, 4) is 0 Å². The van der Waals surface area contributed by atoms with E-state index in [1.807, 2.05) is 11.8 Å². The fourth-order valence-electron chi connectivity index (χ4n) is 5.64. The van der Waals surface area contributed by atoms with Gasteiger partial charge in [0.15, 0.2) is 0 Å². The number of hydrogen-bond acceptors (Lipinski definition) is 3. The van der Waals surface area contributed by atoms with Crippen LogP contribution in [0.1, 0.15) is 89.5 Å². The van der Waals surface area contributed by atoms with Crippen molar-refractivity contribution in [2.24, 2.45) is 0 Å². The summed E-state index contributed by atoms with van der Waals surface area (Å²) >= 11 is 1.96. The van der Waals surface area contributed by atoms with Crippen molar-refractivity contribution >= 4 is 11.8 Å². The molecule has 34 heavy (non-hydrogen) atoms. The zero-order chi connectivity index (χ0) is 24.5. The number of aryl methyl sites for hydroxylation is 2. The van der Waals surface area contributed by atoms with Gasteiger partial charge in [-0.1, -0.05) is 63.7 Å². The van der Waals surface area contributed by atoms with Crippen LogP contribution < -0.4 is 0 Å². The van der Waals surface area contributed by atoms with Crippen LogP contribution in [0.15, 0.2) is 46.2 Å². The molecule has 0 saturated carbocycles. The topological polar surface area (TPSA) is 6.48 Å². The predicted molar refractivity (Wildman–Crippen MR) is 150 cm³/mol. The molecule has 188 valence electrons. The predicted octanol–water partition coefficient (Wildman–Crippen LogP) is 7.85. The van der Waals surface area contributed by atoms with Gasteiger partial charge in [-0.05, 0) is 119 Å². The molecule has 1 heterocycles. The van der Waals surface area contributed by atoms with Crippen LogP contribution in [-0.4, -0.2) is 48.1 Å². The molecule has 0 saturated heterocycles. The van der Waals surface area contributed by atoms with Crippen LogP contribution in [0.5, 0.6) is 0 Å². The number of benzene rings is 2. The average molecular weight is 481 g/mol. The van der Waals surface area contributed by atoms with Gasteiger partial charge >= 0.3 is 0 Å². The third-order valence-corrected chi connectivity index (χ3v) is 9.13. The highest BCUT2D eigenvalue weighted by Gasteiger charge is 2.18. The van der Waals surface area contributed by atoms with Crippen molar-refractivity contribution < 1.29 is 0 Å². The van der Waals surface area contributed by atoms with Gasteiger partial charge in [-0.3, -0.25) is 0 Å². The molecule has 3 rings (SSSR count). The second-order valence-electron chi connectivity index (χ2n) is 10.1. The third-order valence-electron chi connectivity index (χ3n) is 7.90. The van der Waals surface area contributed by atoms with Crippen molar-refractivity contribution in [3.05, 3.63) is 58.7 Å². The molecule has 2 aromatic rings. The monoisotopic (exact) mass is 480 g/mol. The van der Waals surface area contributed by atoms with Crippen LogP contribution in [0.25, 0.3) is 0 Å². The Morgan fingerprint density at radius 2 is 1.09 bits per heavy atom. The molecule has 0 N–H and O–H groups in total. The van der Waals surface area contributed by atoms with Gasteiger partial charge in [-0.2, -0.15) is 0 Å². The van der Waals surface area contributed by atoms with E-state index in [9.17, 15) is 0 Å². The lowest BCUT2D eigenvalue weighted by molar-refractivity contribution is 0.218. The Morgan fingerprint density at radius 1 is 0.676 bits per heavy atom. The molecule has 0 radical (unpaired) electrons. The molecule has 3 heteroatoms. The maximum absolute atomic E-state index is 2.57. The largest absolute Gasteiger partial charge is 0.301 e. The van der Waals surface area contributed by atoms with Crippen molar-refractivity contribution in [2.75, 3.05) is 26.2 Å². The summed E-state index contributed by atoms with van der Waals surface area (Å²) in [7, 11) is 0. The fourth-order valence-corrected chi connectivity index (χ4v) is 6.67. The Bertz CT molecular complexity index is 813. The molecule has 2 nitrogen and oxygen atoms in total. The molecule has 1 aliphatic heterocycles. The Kier molecular flexibility index (Phi) is 11.0. The minimum Gasteiger partial charge on any atom is -0.301 e. The zero-order valence-electron chi connectivity index (χ0n) is 22.7. The molecule has 0 bridgehead atoms. The number of rotatable bonds is 14. The third kappa shape index (κ3) is 7.35. The Balaban J connectivity index is 1.55. The van der Waals surface area contributed by atoms with Gasteiger partial charge in [0.1, 0.15) is 0 Å². The van der Waals surface area contributed by atoms with Gasteiger partial charge in [0, 0.05) is 21.9 Å². The second-order valence-corrected chi connectivity index (χ2v) is 11.2. The Morgan fingerprint density at radius 3 is 1.47 bits per heavy atom. The Hall–Kier alpha value is -1.29. The summed E-state index contributed by atoms with van der Waals surface area (Å²) in [5.74, 6) is 0. The lowest BCUT2D eigenvalue weighted by Crippen LogP contribution is -2.32. The maximum Gasteiger partial charge on any atom is 0.0158 e. The zero-order valence-corrected chi connectivity index (χ0v) is 23.5. The normalized spacial score (nSPS) is 14.8. The van der Waals surface area contributed by atoms with Crippen LogP contribution in [0.2, 0.25) is 0 Å². The number of nitrogens with zero attached hydrogens (tertiary/aromatic N) is 2. The molecule has 2 aromatic carbocycles. The molecular formula is C31H48N2S. The van der Waals surface area contributed by atoms with E-state index in [-0.39, 0.29) is 0 Å². The lowest BCUT2D eigenvalue weighted by Gasteiger charge is -2.26. The molecular weight excluding hydrogens is 432 g/mol. The van der Waals surface area contributed by atoms with Crippen LogP contribution in [0.4, 0.5) is 0 Å². The molecule has 1 aliphatic rings. The lowest BCUT2D eigenvalue weighted by atomic mass is 9.96. The summed E-state index contributed by atoms with van der Waals surface area (Å²) < 4.78 is 0. The van der Waals surface area contributed by atoms with E-state index in [1.54, 1.807) is 0 Å². The SMILES string of the molecule is CCN(CC)C(C)CCCc1ccc2c(c1)Cc1cc(CCCC(C)N(CC)CC)ccc1S2. The van der Waals surface area contributed by atoms with Gasteiger partial charge < -0.3 is 9.80 Å². The standard InChI is InChI=1S/C31H48N2S/c1-7-32(8-2)24(5)13-11-15-26-17-19-30-28(21-26)23-29-22-27(18-20-31(29)34-30)16-12-14-25(6)33(9-3)10-4/h17-22,24-25H,7-16,23H2,1-6H3. The molecule has 0 fully saturated rings. The van der Waals surface area contributed by atoms with E-state index < -0.39 is 0 Å². The van der Waals surface area contributed by atoms with Crippen LogP contribution >= 0.6 is 11.8 Å². The van der Waals surface area contributed by atoms with Gasteiger partial charge in [-0.15, -0.1) is 0 Å². The van der Waals surface area contributed by atoms with Crippen molar-refractivity contribution in [1.82, 2.24) is 9.80 Å². The second kappa shape index (κ2) is 13.7. The van der Waals surface area contributed by atoms with Crippen LogP contribution in [-0.2, 0) is 19.3 Å². The summed E-state index contributed by atoms with van der Waals surface area (Å²) in [5.41, 5.74) is 6.07. The highest BCUT2D eigenvalue weighted by molar-refractivity contribution is 7.99. The summed E-state index contributed by atoms with van der Waals surface area (Å²) in [6, 6.07) is 15.8. The maximum atomic E-state index is 2.57. The molecule has 2 unspecified atom stereocenters. The van der Waals surface area contributed by atoms with Gasteiger partial charge in [-0.25, -0.2) is 0 Å². The first-order valence-electron chi connectivity index (χ1n) is 13.9. The Labute approximate surface area is 214 Å². The molecule has 0 spiro atoms. The minimum atomic E-state index is 0.684. The summed E-state index contributed by atoms with van der Waals surface area (Å²) in [6.45, 7) is 18.5. The average Bonchev–Trinajstić information content (AvgIpc) is 2.84. The quantitative estimate of drug-likeness (QED) is 0.232. The first-order chi connectivity index (χ1) is 16.5. The van der Waals surface area contributed by atoms with E-state index in [0.717, 1.165) is 32.6 Å². The molecule has 2 atom stereocenters. The van der Waals surface area contributed by atoms with Crippen molar-refractivity contribution in [3.63, 3.8) is 0 Å². The molecule has 0 amide bonds. The van der Waals surface area contributed by atoms with Gasteiger partial charge in [0.05, 0.1) is 0 Å². The highest BCUT2D eigenvalue weighted by atomic mass is 32.2. The van der Waals surface area contributed by atoms with E-state index in [2.05, 4.69) is 87.7 Å². The van der Waals surface area contributed by atoms with E-state index in [0.29, 0.717) is 12.1 Å². The first kappa shape index (κ1) is 27.3. The number of fused-ring (bicyclic) bond motifs is 2. The highest BCUT2D eigenvalue weighted by Crippen LogP contribution is 2.40. The first-order valence-corrected chi connectivity index (χ1v) is 14.7. The summed E-state index contributed by atoms with van der Waals surface area (Å²) in [4.78, 5) is 8.05. The smallest absolute Gasteiger partial charge is 0.0158 e. The van der Waals surface area contributed by atoms with Gasteiger partial charge in [0.2, 0.25) is 0 Å². The van der Waals surface area contributed by atoms with Crippen molar-refractivity contribution in [1.29, 1.82) is 0 Å². The van der Waals surface area contributed by atoms with E-state index in [1.165, 1.54) is 70.6 Å². The van der Waals surface area contributed by atoms with E-state index in [4.69, 9.17) is 0 Å². The number of hydrogen-bond donors (Lipinski definition) is 0.